The average Bonchev–Trinajstić information content (AvgIpc) is 2.38. The third kappa shape index (κ3) is 5.36. The highest BCUT2D eigenvalue weighted by molar-refractivity contribution is 9.10. The summed E-state index contributed by atoms with van der Waals surface area (Å²) in [6.07, 6.45) is 0. The molecule has 0 aliphatic carbocycles. The summed E-state index contributed by atoms with van der Waals surface area (Å²) in [4.78, 5) is 23.9. The third-order valence-electron chi connectivity index (χ3n) is 2.35. The molecule has 110 valence electrons. The van der Waals surface area contributed by atoms with Gasteiger partial charge in [0.2, 0.25) is 0 Å². The first-order valence-electron chi connectivity index (χ1n) is 5.65. The van der Waals surface area contributed by atoms with Gasteiger partial charge in [-0.1, -0.05) is 11.6 Å². The number of amides is 2. The van der Waals surface area contributed by atoms with Crippen molar-refractivity contribution in [1.82, 2.24) is 4.90 Å². The molecule has 1 rings (SSSR count). The molecule has 0 aliphatic heterocycles. The average molecular weight is 366 g/mol. The van der Waals surface area contributed by atoms with Crippen LogP contribution < -0.4 is 5.32 Å². The van der Waals surface area contributed by atoms with Gasteiger partial charge >= 0.3 is 12.0 Å². The van der Waals surface area contributed by atoms with Crippen LogP contribution in [-0.2, 0) is 9.53 Å². The number of ether oxygens (including phenoxy) is 1. The fourth-order valence-electron chi connectivity index (χ4n) is 1.39. The van der Waals surface area contributed by atoms with Crippen LogP contribution in [0.1, 0.15) is 0 Å². The summed E-state index contributed by atoms with van der Waals surface area (Å²) in [7, 11) is 1.48. The first-order chi connectivity index (χ1) is 9.43. The lowest BCUT2D eigenvalue weighted by Crippen LogP contribution is -2.40. The van der Waals surface area contributed by atoms with Crippen molar-refractivity contribution in [2.24, 2.45) is 0 Å². The second-order valence-electron chi connectivity index (χ2n) is 3.87. The van der Waals surface area contributed by atoms with Gasteiger partial charge in [0.15, 0.2) is 0 Å². The molecule has 0 spiro atoms. The van der Waals surface area contributed by atoms with Crippen LogP contribution in [0.2, 0.25) is 5.02 Å². The lowest BCUT2D eigenvalue weighted by atomic mass is 10.3. The molecule has 8 heteroatoms. The Kier molecular flexibility index (Phi) is 6.77. The van der Waals surface area contributed by atoms with Crippen molar-refractivity contribution in [2.45, 2.75) is 0 Å². The second-order valence-corrected chi connectivity index (χ2v) is 5.13. The van der Waals surface area contributed by atoms with E-state index in [0.29, 0.717) is 15.2 Å². The lowest BCUT2D eigenvalue weighted by Gasteiger charge is -2.20. The molecule has 0 aliphatic rings. The van der Waals surface area contributed by atoms with E-state index >= 15 is 0 Å². The number of carbonyl (C=O) groups excluding carboxylic acids is 1. The van der Waals surface area contributed by atoms with Gasteiger partial charge in [-0.15, -0.1) is 0 Å². The van der Waals surface area contributed by atoms with Crippen LogP contribution in [0.25, 0.3) is 0 Å². The number of benzene rings is 1. The zero-order valence-corrected chi connectivity index (χ0v) is 13.1. The SMILES string of the molecule is COCCN(CC(=O)O)C(=O)Nc1ccc(Br)c(Cl)c1. The van der Waals surface area contributed by atoms with Crippen LogP contribution >= 0.6 is 27.5 Å². The first kappa shape index (κ1) is 16.7. The van der Waals surface area contributed by atoms with E-state index < -0.39 is 18.5 Å². The highest BCUT2D eigenvalue weighted by Crippen LogP contribution is 2.25. The van der Waals surface area contributed by atoms with Gasteiger partial charge < -0.3 is 20.1 Å². The molecule has 0 heterocycles. The number of halogens is 2. The summed E-state index contributed by atoms with van der Waals surface area (Å²) in [5, 5.41) is 11.8. The maximum Gasteiger partial charge on any atom is 0.323 e. The topological polar surface area (TPSA) is 78.9 Å². The largest absolute Gasteiger partial charge is 0.480 e. The Bertz CT molecular complexity index is 498. The Morgan fingerprint density at radius 3 is 2.75 bits per heavy atom. The van der Waals surface area contributed by atoms with Gasteiger partial charge in [0.25, 0.3) is 0 Å². The summed E-state index contributed by atoms with van der Waals surface area (Å²) in [5.41, 5.74) is 0.482. The van der Waals surface area contributed by atoms with Gasteiger partial charge in [-0.3, -0.25) is 4.79 Å². The van der Waals surface area contributed by atoms with Gasteiger partial charge in [-0.05, 0) is 34.1 Å². The van der Waals surface area contributed by atoms with Gasteiger partial charge in [0.1, 0.15) is 6.54 Å². The fourth-order valence-corrected chi connectivity index (χ4v) is 1.82. The predicted octanol–water partition coefficient (Wildman–Crippen LogP) is 2.67. The van der Waals surface area contributed by atoms with Crippen LogP contribution in [0, 0.1) is 0 Å². The van der Waals surface area contributed by atoms with E-state index in [1.54, 1.807) is 18.2 Å². The molecule has 0 saturated heterocycles. The predicted molar refractivity (Wildman–Crippen MR) is 79.3 cm³/mol. The number of anilines is 1. The molecular weight excluding hydrogens is 351 g/mol. The Balaban J connectivity index is 2.73. The maximum atomic E-state index is 12.0. The molecule has 1 aromatic carbocycles. The number of nitrogens with one attached hydrogen (secondary N) is 1. The summed E-state index contributed by atoms with van der Waals surface area (Å²) in [6, 6.07) is 4.39. The molecule has 0 radical (unpaired) electrons. The van der Waals surface area contributed by atoms with Crippen LogP contribution in [-0.4, -0.2) is 48.8 Å². The van der Waals surface area contributed by atoms with E-state index in [4.69, 9.17) is 21.4 Å². The number of methoxy groups -OCH3 is 1. The zero-order chi connectivity index (χ0) is 15.1. The van der Waals surface area contributed by atoms with Crippen LogP contribution in [0.4, 0.5) is 10.5 Å². The smallest absolute Gasteiger partial charge is 0.323 e. The monoisotopic (exact) mass is 364 g/mol. The number of carboxylic acids is 1. The van der Waals surface area contributed by atoms with Gasteiger partial charge in [-0.2, -0.15) is 0 Å². The van der Waals surface area contributed by atoms with Crippen molar-refractivity contribution in [1.29, 1.82) is 0 Å². The highest BCUT2D eigenvalue weighted by atomic mass is 79.9. The van der Waals surface area contributed by atoms with E-state index in [-0.39, 0.29) is 13.2 Å². The van der Waals surface area contributed by atoms with E-state index in [9.17, 15) is 9.59 Å². The minimum atomic E-state index is -1.09. The first-order valence-corrected chi connectivity index (χ1v) is 6.83. The Morgan fingerprint density at radius 1 is 1.50 bits per heavy atom. The Hall–Kier alpha value is -1.31. The lowest BCUT2D eigenvalue weighted by molar-refractivity contribution is -0.137. The van der Waals surface area contributed by atoms with Crippen molar-refractivity contribution < 1.29 is 19.4 Å². The fraction of sp³-hybridized carbons (Fsp3) is 0.333. The molecule has 0 aromatic heterocycles. The molecule has 20 heavy (non-hydrogen) atoms. The number of hydrogen-bond donors (Lipinski definition) is 2. The maximum absolute atomic E-state index is 12.0. The minimum Gasteiger partial charge on any atom is -0.480 e. The molecule has 0 fully saturated rings. The van der Waals surface area contributed by atoms with Gasteiger partial charge in [-0.25, -0.2) is 4.79 Å². The van der Waals surface area contributed by atoms with E-state index in [2.05, 4.69) is 21.2 Å². The molecule has 0 atom stereocenters. The number of aliphatic carboxylic acids is 1. The molecular formula is C12H14BrClN2O4. The zero-order valence-electron chi connectivity index (χ0n) is 10.7. The molecule has 1 aromatic rings. The van der Waals surface area contributed by atoms with Crippen LogP contribution in [0.3, 0.4) is 0 Å². The van der Waals surface area contributed by atoms with Crippen molar-refractivity contribution >= 4 is 45.2 Å². The van der Waals surface area contributed by atoms with Crippen molar-refractivity contribution in [3.63, 3.8) is 0 Å². The van der Waals surface area contributed by atoms with Crippen molar-refractivity contribution in [2.75, 3.05) is 32.1 Å². The van der Waals surface area contributed by atoms with Gasteiger partial charge in [0, 0.05) is 23.8 Å². The standard InChI is InChI=1S/C12H14BrClN2O4/c1-20-5-4-16(7-11(17)18)12(19)15-8-2-3-9(13)10(14)6-8/h2-3,6H,4-5,7H2,1H3,(H,15,19)(H,17,18). The number of carbonyl (C=O) groups is 2. The van der Waals surface area contributed by atoms with E-state index in [1.165, 1.54) is 7.11 Å². The molecule has 0 bridgehead atoms. The van der Waals surface area contributed by atoms with Gasteiger partial charge in [0.05, 0.1) is 11.6 Å². The quantitative estimate of drug-likeness (QED) is 0.812. The van der Waals surface area contributed by atoms with Crippen molar-refractivity contribution in [3.8, 4) is 0 Å². The summed E-state index contributed by atoms with van der Waals surface area (Å²) in [6.45, 7) is 0.0279. The molecule has 2 N–H and O–H groups in total. The third-order valence-corrected chi connectivity index (χ3v) is 3.58. The minimum absolute atomic E-state index is 0.179. The Morgan fingerprint density at radius 2 is 2.20 bits per heavy atom. The highest BCUT2D eigenvalue weighted by Gasteiger charge is 2.16. The molecule has 2 amide bonds. The summed E-state index contributed by atoms with van der Waals surface area (Å²) < 4.78 is 5.55. The summed E-state index contributed by atoms with van der Waals surface area (Å²) >= 11 is 9.16. The molecule has 6 nitrogen and oxygen atoms in total. The number of urea groups is 1. The number of nitrogens with zero attached hydrogens (tertiary/aromatic N) is 1. The number of carboxylic acid groups (broad SMARTS) is 1. The summed E-state index contributed by atoms with van der Waals surface area (Å²) in [5.74, 6) is -1.09. The molecule has 0 saturated carbocycles. The second kappa shape index (κ2) is 8.08. The normalized spacial score (nSPS) is 10.2. The molecule has 0 unspecified atom stereocenters. The van der Waals surface area contributed by atoms with Crippen LogP contribution in [0.15, 0.2) is 22.7 Å². The Labute approximate surface area is 129 Å². The van der Waals surface area contributed by atoms with Crippen molar-refractivity contribution in [3.05, 3.63) is 27.7 Å². The van der Waals surface area contributed by atoms with Crippen LogP contribution in [0.5, 0.6) is 0 Å². The van der Waals surface area contributed by atoms with E-state index in [0.717, 1.165) is 4.90 Å². The number of hydrogen-bond acceptors (Lipinski definition) is 3. The van der Waals surface area contributed by atoms with E-state index in [1.807, 2.05) is 0 Å². The number of rotatable bonds is 6.